The SMILES string of the molecule is COc1cc2c(cc1NC(=O)COc1cccc(N3CCCC3=O)c1)oc1ccccc12. The summed E-state index contributed by atoms with van der Waals surface area (Å²) in [5, 5.41) is 4.73. The van der Waals surface area contributed by atoms with Crippen LogP contribution in [-0.4, -0.2) is 32.1 Å². The van der Waals surface area contributed by atoms with Crippen molar-refractivity contribution in [2.75, 3.05) is 30.5 Å². The smallest absolute Gasteiger partial charge is 0.262 e. The number of amides is 2. The van der Waals surface area contributed by atoms with Crippen LogP contribution in [0.25, 0.3) is 21.9 Å². The van der Waals surface area contributed by atoms with Crippen LogP contribution in [0.1, 0.15) is 12.8 Å². The number of methoxy groups -OCH3 is 1. The van der Waals surface area contributed by atoms with E-state index in [0.717, 1.165) is 28.5 Å². The first kappa shape index (κ1) is 19.9. The minimum absolute atomic E-state index is 0.105. The summed E-state index contributed by atoms with van der Waals surface area (Å²) in [6, 6.07) is 18.6. The molecule has 1 aromatic heterocycles. The predicted molar refractivity (Wildman–Crippen MR) is 122 cm³/mol. The zero-order valence-electron chi connectivity index (χ0n) is 17.6. The van der Waals surface area contributed by atoms with Gasteiger partial charge in [-0.25, -0.2) is 0 Å². The van der Waals surface area contributed by atoms with E-state index in [0.29, 0.717) is 35.7 Å². The number of carbonyl (C=O) groups excluding carboxylic acids is 2. The highest BCUT2D eigenvalue weighted by Gasteiger charge is 2.22. The molecule has 3 aromatic carbocycles. The van der Waals surface area contributed by atoms with Gasteiger partial charge in [-0.1, -0.05) is 24.3 Å². The average Bonchev–Trinajstić information content (AvgIpc) is 3.40. The maximum absolute atomic E-state index is 12.6. The third-order valence-electron chi connectivity index (χ3n) is 5.55. The van der Waals surface area contributed by atoms with Crippen LogP contribution in [0.15, 0.2) is 65.1 Å². The number of hydrogen-bond acceptors (Lipinski definition) is 5. The first-order chi connectivity index (χ1) is 15.6. The summed E-state index contributed by atoms with van der Waals surface area (Å²) in [6.45, 7) is 0.519. The van der Waals surface area contributed by atoms with Gasteiger partial charge < -0.3 is 24.1 Å². The van der Waals surface area contributed by atoms with Gasteiger partial charge in [-0.15, -0.1) is 0 Å². The maximum Gasteiger partial charge on any atom is 0.262 e. The standard InChI is InChI=1S/C25H22N2O5/c1-30-23-13-19-18-8-2-3-9-21(18)32-22(19)14-20(23)26-24(28)15-31-17-7-4-6-16(12-17)27-11-5-10-25(27)29/h2-4,6-9,12-14H,5,10-11,15H2,1H3,(H,26,28). The Hall–Kier alpha value is -4.00. The molecule has 0 radical (unpaired) electrons. The van der Waals surface area contributed by atoms with Gasteiger partial charge in [-0.3, -0.25) is 9.59 Å². The molecule has 0 aliphatic carbocycles. The highest BCUT2D eigenvalue weighted by molar-refractivity contribution is 6.07. The fourth-order valence-electron chi connectivity index (χ4n) is 4.02. The van der Waals surface area contributed by atoms with Crippen LogP contribution in [0.5, 0.6) is 11.5 Å². The molecule has 32 heavy (non-hydrogen) atoms. The summed E-state index contributed by atoms with van der Waals surface area (Å²) in [5.41, 5.74) is 2.71. The van der Waals surface area contributed by atoms with Gasteiger partial charge in [0.1, 0.15) is 22.7 Å². The number of carbonyl (C=O) groups is 2. The fourth-order valence-corrected chi connectivity index (χ4v) is 4.02. The van der Waals surface area contributed by atoms with Crippen LogP contribution in [0.3, 0.4) is 0 Å². The third-order valence-corrected chi connectivity index (χ3v) is 5.55. The van der Waals surface area contributed by atoms with Gasteiger partial charge in [-0.2, -0.15) is 0 Å². The van der Waals surface area contributed by atoms with Crippen molar-refractivity contribution >= 4 is 45.1 Å². The summed E-state index contributed by atoms with van der Waals surface area (Å²) >= 11 is 0. The molecule has 2 amide bonds. The van der Waals surface area contributed by atoms with Gasteiger partial charge in [0.15, 0.2) is 6.61 Å². The van der Waals surface area contributed by atoms with E-state index in [1.807, 2.05) is 42.5 Å². The monoisotopic (exact) mass is 430 g/mol. The molecule has 4 aromatic rings. The second kappa shape index (κ2) is 8.26. The van der Waals surface area contributed by atoms with Crippen molar-refractivity contribution in [3.8, 4) is 11.5 Å². The number of anilines is 2. The van der Waals surface area contributed by atoms with Crippen molar-refractivity contribution < 1.29 is 23.5 Å². The largest absolute Gasteiger partial charge is 0.495 e. The Kier molecular flexibility index (Phi) is 5.15. The lowest BCUT2D eigenvalue weighted by Gasteiger charge is -2.16. The number of hydrogen-bond donors (Lipinski definition) is 1. The molecular weight excluding hydrogens is 408 g/mol. The second-order valence-electron chi connectivity index (χ2n) is 7.63. The molecule has 1 N–H and O–H groups in total. The number of rotatable bonds is 6. The Morgan fingerprint density at radius 1 is 1.06 bits per heavy atom. The third kappa shape index (κ3) is 3.73. The van der Waals surface area contributed by atoms with Crippen LogP contribution in [0, 0.1) is 0 Å². The van der Waals surface area contributed by atoms with Gasteiger partial charge in [0, 0.05) is 41.6 Å². The summed E-state index contributed by atoms with van der Waals surface area (Å²) in [7, 11) is 1.56. The van der Waals surface area contributed by atoms with E-state index in [1.54, 1.807) is 30.2 Å². The van der Waals surface area contributed by atoms with Crippen molar-refractivity contribution in [2.24, 2.45) is 0 Å². The van der Waals surface area contributed by atoms with Crippen LogP contribution < -0.4 is 19.7 Å². The number of para-hydroxylation sites is 1. The quantitative estimate of drug-likeness (QED) is 0.478. The first-order valence-corrected chi connectivity index (χ1v) is 10.4. The summed E-state index contributed by atoms with van der Waals surface area (Å²) in [5.74, 6) is 0.832. The minimum atomic E-state index is -0.332. The fraction of sp³-hybridized carbons (Fsp3) is 0.200. The lowest BCUT2D eigenvalue weighted by atomic mass is 10.1. The number of fused-ring (bicyclic) bond motifs is 3. The van der Waals surface area contributed by atoms with Gasteiger partial charge in [0.2, 0.25) is 5.91 Å². The number of furan rings is 1. The molecule has 1 aliphatic rings. The Morgan fingerprint density at radius 2 is 1.94 bits per heavy atom. The van der Waals surface area contributed by atoms with E-state index in [9.17, 15) is 9.59 Å². The van der Waals surface area contributed by atoms with Crippen LogP contribution in [0.2, 0.25) is 0 Å². The molecule has 1 fully saturated rings. The van der Waals surface area contributed by atoms with Crippen molar-refractivity contribution in [1.82, 2.24) is 0 Å². The van der Waals surface area contributed by atoms with Crippen LogP contribution >= 0.6 is 0 Å². The molecule has 0 bridgehead atoms. The van der Waals surface area contributed by atoms with E-state index < -0.39 is 0 Å². The van der Waals surface area contributed by atoms with Gasteiger partial charge in [0.25, 0.3) is 5.91 Å². The van der Waals surface area contributed by atoms with Gasteiger partial charge in [-0.05, 0) is 30.7 Å². The molecule has 7 heteroatoms. The Bertz CT molecular complexity index is 1330. The molecule has 7 nitrogen and oxygen atoms in total. The van der Waals surface area contributed by atoms with Crippen LogP contribution in [0.4, 0.5) is 11.4 Å². The highest BCUT2D eigenvalue weighted by atomic mass is 16.5. The molecule has 0 unspecified atom stereocenters. The van der Waals surface area contributed by atoms with E-state index in [1.165, 1.54) is 0 Å². The molecule has 0 saturated carbocycles. The lowest BCUT2D eigenvalue weighted by molar-refractivity contribution is -0.118. The first-order valence-electron chi connectivity index (χ1n) is 10.4. The van der Waals surface area contributed by atoms with Gasteiger partial charge in [0.05, 0.1) is 12.8 Å². The van der Waals surface area contributed by atoms with E-state index in [4.69, 9.17) is 13.9 Å². The van der Waals surface area contributed by atoms with Crippen LogP contribution in [-0.2, 0) is 9.59 Å². The normalized spacial score (nSPS) is 13.7. The molecule has 162 valence electrons. The topological polar surface area (TPSA) is 81.0 Å². The molecule has 0 spiro atoms. The van der Waals surface area contributed by atoms with E-state index in [2.05, 4.69) is 5.32 Å². The summed E-state index contributed by atoms with van der Waals surface area (Å²) in [6.07, 6.45) is 1.41. The number of nitrogens with zero attached hydrogens (tertiary/aromatic N) is 1. The Morgan fingerprint density at radius 3 is 2.75 bits per heavy atom. The molecule has 5 rings (SSSR count). The van der Waals surface area contributed by atoms with Crippen molar-refractivity contribution in [3.05, 3.63) is 60.7 Å². The maximum atomic E-state index is 12.6. The van der Waals surface area contributed by atoms with Gasteiger partial charge >= 0.3 is 0 Å². The number of benzene rings is 3. The van der Waals surface area contributed by atoms with E-state index in [-0.39, 0.29) is 18.4 Å². The number of nitrogens with one attached hydrogen (secondary N) is 1. The molecule has 1 aliphatic heterocycles. The number of ether oxygens (including phenoxy) is 2. The average molecular weight is 430 g/mol. The zero-order valence-corrected chi connectivity index (χ0v) is 17.6. The summed E-state index contributed by atoms with van der Waals surface area (Å²) < 4.78 is 17.1. The second-order valence-corrected chi connectivity index (χ2v) is 7.63. The Balaban J connectivity index is 1.31. The lowest BCUT2D eigenvalue weighted by Crippen LogP contribution is -2.24. The van der Waals surface area contributed by atoms with Crippen molar-refractivity contribution in [2.45, 2.75) is 12.8 Å². The predicted octanol–water partition coefficient (Wildman–Crippen LogP) is 4.74. The summed E-state index contributed by atoms with van der Waals surface area (Å²) in [4.78, 5) is 26.3. The van der Waals surface area contributed by atoms with Crippen molar-refractivity contribution in [3.63, 3.8) is 0 Å². The molecular formula is C25H22N2O5. The Labute approximate surface area is 184 Å². The molecule has 1 saturated heterocycles. The zero-order chi connectivity index (χ0) is 22.1. The molecule has 2 heterocycles. The minimum Gasteiger partial charge on any atom is -0.495 e. The molecule has 0 atom stereocenters. The van der Waals surface area contributed by atoms with Crippen molar-refractivity contribution in [1.29, 1.82) is 0 Å². The highest BCUT2D eigenvalue weighted by Crippen LogP contribution is 2.36. The van der Waals surface area contributed by atoms with E-state index >= 15 is 0 Å².